The molecular formula is C18H18ClIN2O3. The fraction of sp³-hybridized carbons (Fsp3) is 0.222. The number of hydrogen-bond acceptors (Lipinski definition) is 3. The average molecular weight is 473 g/mol. The van der Waals surface area contributed by atoms with Crippen LogP contribution in [0.15, 0.2) is 42.5 Å². The van der Waals surface area contributed by atoms with Crippen LogP contribution in [0, 0.1) is 3.57 Å². The van der Waals surface area contributed by atoms with Crippen LogP contribution in [0.1, 0.15) is 17.3 Å². The van der Waals surface area contributed by atoms with E-state index < -0.39 is 0 Å². The summed E-state index contributed by atoms with van der Waals surface area (Å²) in [6.45, 7) is 2.19. The van der Waals surface area contributed by atoms with E-state index in [4.69, 9.17) is 16.3 Å². The van der Waals surface area contributed by atoms with Gasteiger partial charge in [0.2, 0.25) is 5.91 Å². The van der Waals surface area contributed by atoms with Gasteiger partial charge < -0.3 is 15.0 Å². The van der Waals surface area contributed by atoms with Crippen molar-refractivity contribution in [3.05, 3.63) is 56.6 Å². The van der Waals surface area contributed by atoms with Gasteiger partial charge in [-0.15, -0.1) is 0 Å². The maximum atomic E-state index is 12.7. The molecule has 0 unspecified atom stereocenters. The Hall–Kier alpha value is -1.80. The van der Waals surface area contributed by atoms with Gasteiger partial charge in [-0.1, -0.05) is 17.7 Å². The topological polar surface area (TPSA) is 58.6 Å². The summed E-state index contributed by atoms with van der Waals surface area (Å²) in [5.41, 5.74) is 1.11. The van der Waals surface area contributed by atoms with Gasteiger partial charge in [0.25, 0.3) is 5.91 Å². The zero-order valence-corrected chi connectivity index (χ0v) is 16.8. The number of rotatable bonds is 6. The molecule has 2 aromatic rings. The zero-order chi connectivity index (χ0) is 18.4. The minimum atomic E-state index is -0.277. The molecule has 1 N–H and O–H groups in total. The van der Waals surface area contributed by atoms with E-state index in [-0.39, 0.29) is 18.4 Å². The first-order valence-electron chi connectivity index (χ1n) is 7.62. The van der Waals surface area contributed by atoms with E-state index in [1.165, 1.54) is 4.90 Å². The highest BCUT2D eigenvalue weighted by atomic mass is 127. The number of benzene rings is 2. The Morgan fingerprint density at radius 2 is 2.00 bits per heavy atom. The van der Waals surface area contributed by atoms with Crippen molar-refractivity contribution in [3.63, 3.8) is 0 Å². The molecule has 0 atom stereocenters. The second kappa shape index (κ2) is 9.05. The summed E-state index contributed by atoms with van der Waals surface area (Å²) in [7, 11) is 1.56. The van der Waals surface area contributed by atoms with E-state index >= 15 is 0 Å². The Morgan fingerprint density at radius 1 is 1.24 bits per heavy atom. The van der Waals surface area contributed by atoms with Crippen LogP contribution < -0.4 is 10.1 Å². The predicted octanol–water partition coefficient (Wildman–Crippen LogP) is 4.05. The molecule has 2 aromatic carbocycles. The summed E-state index contributed by atoms with van der Waals surface area (Å²) in [5.74, 6) is 0.144. The van der Waals surface area contributed by atoms with Crippen molar-refractivity contribution in [1.29, 1.82) is 0 Å². The fourth-order valence-corrected chi connectivity index (χ4v) is 2.97. The van der Waals surface area contributed by atoms with Crippen molar-refractivity contribution in [2.75, 3.05) is 25.5 Å². The molecule has 2 amide bonds. The van der Waals surface area contributed by atoms with Crippen LogP contribution in [-0.4, -0.2) is 36.9 Å². The molecule has 2 rings (SSSR count). The van der Waals surface area contributed by atoms with Gasteiger partial charge >= 0.3 is 0 Å². The molecule has 0 radical (unpaired) electrons. The van der Waals surface area contributed by atoms with E-state index in [9.17, 15) is 9.59 Å². The van der Waals surface area contributed by atoms with Crippen molar-refractivity contribution >= 4 is 51.7 Å². The first-order chi connectivity index (χ1) is 11.9. The molecule has 5 nitrogen and oxygen atoms in total. The maximum Gasteiger partial charge on any atom is 0.255 e. The fourth-order valence-electron chi connectivity index (χ4n) is 2.23. The highest BCUT2D eigenvalue weighted by Crippen LogP contribution is 2.20. The molecule has 0 aromatic heterocycles. The first-order valence-corrected chi connectivity index (χ1v) is 9.08. The summed E-state index contributed by atoms with van der Waals surface area (Å²) in [5, 5.41) is 3.26. The van der Waals surface area contributed by atoms with Gasteiger partial charge in [-0.2, -0.15) is 0 Å². The molecule has 7 heteroatoms. The Bertz CT molecular complexity index is 783. The lowest BCUT2D eigenvalue weighted by Crippen LogP contribution is -2.38. The lowest BCUT2D eigenvalue weighted by Gasteiger charge is -2.21. The summed E-state index contributed by atoms with van der Waals surface area (Å²) in [6.07, 6.45) is 0. The van der Waals surface area contributed by atoms with Crippen LogP contribution in [0.4, 0.5) is 5.69 Å². The number of carbonyl (C=O) groups excluding carboxylic acids is 2. The maximum absolute atomic E-state index is 12.7. The van der Waals surface area contributed by atoms with Crippen LogP contribution in [-0.2, 0) is 4.79 Å². The first kappa shape index (κ1) is 19.5. The van der Waals surface area contributed by atoms with E-state index in [1.807, 2.05) is 6.92 Å². The van der Waals surface area contributed by atoms with Crippen molar-refractivity contribution in [3.8, 4) is 5.75 Å². The van der Waals surface area contributed by atoms with Crippen LogP contribution in [0.5, 0.6) is 5.75 Å². The number of nitrogens with zero attached hydrogens (tertiary/aromatic N) is 1. The SMILES string of the molecule is CCN(CC(=O)Nc1cccc(OC)c1)C(=O)c1cc(Cl)ccc1I. The molecule has 25 heavy (non-hydrogen) atoms. The average Bonchev–Trinajstić information content (AvgIpc) is 2.61. The number of nitrogens with one attached hydrogen (secondary N) is 1. The van der Waals surface area contributed by atoms with Crippen LogP contribution >= 0.6 is 34.2 Å². The second-order valence-corrected chi connectivity index (χ2v) is 6.82. The number of likely N-dealkylation sites (N-methyl/N-ethyl adjacent to an activating group) is 1. The Kier molecular flexibility index (Phi) is 7.07. The monoisotopic (exact) mass is 472 g/mol. The van der Waals surface area contributed by atoms with Crippen LogP contribution in [0.25, 0.3) is 0 Å². The minimum absolute atomic E-state index is 0.0465. The van der Waals surface area contributed by atoms with E-state index in [1.54, 1.807) is 49.6 Å². The summed E-state index contributed by atoms with van der Waals surface area (Å²) in [4.78, 5) is 26.5. The third kappa shape index (κ3) is 5.34. The molecule has 0 fully saturated rings. The smallest absolute Gasteiger partial charge is 0.255 e. The highest BCUT2D eigenvalue weighted by molar-refractivity contribution is 14.1. The molecule has 0 bridgehead atoms. The summed E-state index contributed by atoms with van der Waals surface area (Å²) < 4.78 is 5.92. The second-order valence-electron chi connectivity index (χ2n) is 5.22. The molecule has 0 saturated carbocycles. The van der Waals surface area contributed by atoms with Gasteiger partial charge in [-0.05, 0) is 59.8 Å². The molecule has 0 heterocycles. The standard InChI is InChI=1S/C18H18ClIN2O3/c1-3-22(18(24)15-9-12(19)7-8-16(15)20)11-17(23)21-13-5-4-6-14(10-13)25-2/h4-10H,3,11H2,1-2H3,(H,21,23). The molecule has 0 aliphatic rings. The Morgan fingerprint density at radius 3 is 2.68 bits per heavy atom. The van der Waals surface area contributed by atoms with Crippen molar-refractivity contribution in [2.24, 2.45) is 0 Å². The normalized spacial score (nSPS) is 10.2. The highest BCUT2D eigenvalue weighted by Gasteiger charge is 2.20. The molecule has 0 saturated heterocycles. The van der Waals surface area contributed by atoms with Crippen molar-refractivity contribution in [2.45, 2.75) is 6.92 Å². The molecular weight excluding hydrogens is 455 g/mol. The van der Waals surface area contributed by atoms with Crippen LogP contribution in [0.3, 0.4) is 0 Å². The summed E-state index contributed by atoms with van der Waals surface area (Å²) in [6, 6.07) is 12.2. The lowest BCUT2D eigenvalue weighted by molar-refractivity contribution is -0.116. The van der Waals surface area contributed by atoms with Gasteiger partial charge in [-0.3, -0.25) is 9.59 Å². The molecule has 0 aliphatic heterocycles. The van der Waals surface area contributed by atoms with E-state index in [2.05, 4.69) is 27.9 Å². The largest absolute Gasteiger partial charge is 0.497 e. The zero-order valence-electron chi connectivity index (χ0n) is 13.9. The van der Waals surface area contributed by atoms with Crippen molar-refractivity contribution in [1.82, 2.24) is 4.90 Å². The number of halogens is 2. The molecule has 0 spiro atoms. The van der Waals surface area contributed by atoms with Gasteiger partial charge in [0.15, 0.2) is 0 Å². The number of amides is 2. The van der Waals surface area contributed by atoms with E-state index in [0.29, 0.717) is 28.6 Å². The summed E-state index contributed by atoms with van der Waals surface area (Å²) >= 11 is 8.07. The third-order valence-corrected chi connectivity index (χ3v) is 4.69. The van der Waals surface area contributed by atoms with Crippen molar-refractivity contribution < 1.29 is 14.3 Å². The Balaban J connectivity index is 2.08. The number of hydrogen-bond donors (Lipinski definition) is 1. The third-order valence-electron chi connectivity index (χ3n) is 3.52. The van der Waals surface area contributed by atoms with Gasteiger partial charge in [0, 0.05) is 26.9 Å². The minimum Gasteiger partial charge on any atom is -0.497 e. The quantitative estimate of drug-likeness (QED) is 0.645. The number of carbonyl (C=O) groups is 2. The number of methoxy groups -OCH3 is 1. The van der Waals surface area contributed by atoms with Gasteiger partial charge in [0.1, 0.15) is 12.3 Å². The van der Waals surface area contributed by atoms with Gasteiger partial charge in [0.05, 0.1) is 12.7 Å². The number of ether oxygens (including phenoxy) is 1. The number of anilines is 1. The lowest BCUT2D eigenvalue weighted by atomic mass is 10.2. The Labute approximate surface area is 165 Å². The van der Waals surface area contributed by atoms with Gasteiger partial charge in [-0.25, -0.2) is 0 Å². The molecule has 132 valence electrons. The van der Waals surface area contributed by atoms with Crippen LogP contribution in [0.2, 0.25) is 5.02 Å². The molecule has 0 aliphatic carbocycles. The van der Waals surface area contributed by atoms with E-state index in [0.717, 1.165) is 3.57 Å². The predicted molar refractivity (Wildman–Crippen MR) is 107 cm³/mol.